The Morgan fingerprint density at radius 2 is 2.00 bits per heavy atom. The maximum atomic E-state index is 5.54. The van der Waals surface area contributed by atoms with E-state index in [4.69, 9.17) is 9.47 Å². The quantitative estimate of drug-likeness (QED) is 0.304. The fourth-order valence-corrected chi connectivity index (χ4v) is 5.57. The summed E-state index contributed by atoms with van der Waals surface area (Å²) in [7, 11) is 3.63. The van der Waals surface area contributed by atoms with Crippen LogP contribution in [-0.4, -0.2) is 70.5 Å². The van der Waals surface area contributed by atoms with Gasteiger partial charge in [0.05, 0.1) is 13.7 Å². The number of piperidine rings is 1. The molecule has 2 aliphatic heterocycles. The molecule has 2 N–H and O–H groups in total. The molecule has 3 aliphatic rings. The van der Waals surface area contributed by atoms with Crippen LogP contribution in [-0.2, 0) is 10.2 Å². The molecule has 0 radical (unpaired) electrons. The van der Waals surface area contributed by atoms with E-state index in [9.17, 15) is 0 Å². The summed E-state index contributed by atoms with van der Waals surface area (Å²) in [6.07, 6.45) is 8.58. The van der Waals surface area contributed by atoms with Gasteiger partial charge in [-0.25, -0.2) is 0 Å². The Bertz CT molecular complexity index is 724. The number of rotatable bonds is 7. The lowest BCUT2D eigenvalue weighted by molar-refractivity contribution is 0.150. The summed E-state index contributed by atoms with van der Waals surface area (Å²) in [6.45, 7) is 6.34. The van der Waals surface area contributed by atoms with Gasteiger partial charge in [-0.05, 0) is 55.7 Å². The summed E-state index contributed by atoms with van der Waals surface area (Å²) in [4.78, 5) is 7.16. The molecule has 7 heteroatoms. The predicted molar refractivity (Wildman–Crippen MR) is 141 cm³/mol. The van der Waals surface area contributed by atoms with Crippen LogP contribution in [0.15, 0.2) is 29.3 Å². The summed E-state index contributed by atoms with van der Waals surface area (Å²) in [5, 5.41) is 7.37. The van der Waals surface area contributed by atoms with Gasteiger partial charge in [-0.15, -0.1) is 24.0 Å². The first-order chi connectivity index (χ1) is 15.2. The average Bonchev–Trinajstić information content (AvgIpc) is 3.51. The molecule has 32 heavy (non-hydrogen) atoms. The zero-order valence-corrected chi connectivity index (χ0v) is 22.1. The van der Waals surface area contributed by atoms with Crippen molar-refractivity contribution in [3.63, 3.8) is 0 Å². The van der Waals surface area contributed by atoms with E-state index in [2.05, 4.69) is 38.7 Å². The predicted octanol–water partition coefficient (Wildman–Crippen LogP) is 3.79. The number of hydrogen-bond acceptors (Lipinski definition) is 4. The van der Waals surface area contributed by atoms with Crippen LogP contribution in [0.25, 0.3) is 0 Å². The molecule has 1 unspecified atom stereocenters. The molecule has 2 heterocycles. The van der Waals surface area contributed by atoms with Crippen molar-refractivity contribution in [2.75, 3.05) is 53.6 Å². The van der Waals surface area contributed by atoms with Crippen LogP contribution >= 0.6 is 24.0 Å². The maximum absolute atomic E-state index is 5.54. The van der Waals surface area contributed by atoms with E-state index >= 15 is 0 Å². The lowest BCUT2D eigenvalue weighted by atomic mass is 9.78. The van der Waals surface area contributed by atoms with Crippen LogP contribution in [0.1, 0.15) is 50.5 Å². The number of nitrogens with zero attached hydrogens (tertiary/aromatic N) is 2. The minimum absolute atomic E-state index is 0. The Morgan fingerprint density at radius 1 is 1.22 bits per heavy atom. The second kappa shape index (κ2) is 12.4. The summed E-state index contributed by atoms with van der Waals surface area (Å²) in [5.74, 6) is 2.62. The molecule has 0 amide bonds. The van der Waals surface area contributed by atoms with Crippen LogP contribution in [0.4, 0.5) is 0 Å². The minimum atomic E-state index is 0. The van der Waals surface area contributed by atoms with Crippen molar-refractivity contribution in [3.05, 3.63) is 29.8 Å². The summed E-state index contributed by atoms with van der Waals surface area (Å²) < 4.78 is 11.0. The second-order valence-electron chi connectivity index (χ2n) is 9.59. The number of benzene rings is 1. The monoisotopic (exact) mass is 556 g/mol. The minimum Gasteiger partial charge on any atom is -0.497 e. The molecule has 6 nitrogen and oxygen atoms in total. The molecule has 1 saturated carbocycles. The largest absolute Gasteiger partial charge is 0.497 e. The Hall–Kier alpha value is -1.06. The van der Waals surface area contributed by atoms with Crippen molar-refractivity contribution in [2.24, 2.45) is 10.9 Å². The molecule has 180 valence electrons. The van der Waals surface area contributed by atoms with Crippen molar-refractivity contribution < 1.29 is 9.47 Å². The molecule has 0 spiro atoms. The average molecular weight is 557 g/mol. The molecule has 1 aromatic rings. The third-order valence-corrected chi connectivity index (χ3v) is 7.53. The van der Waals surface area contributed by atoms with Gasteiger partial charge in [-0.2, -0.15) is 0 Å². The number of ether oxygens (including phenoxy) is 2. The SMILES string of the molecule is CN=C(NCC1(c2cccc(OC)c2)CCCC1)NC1CCN(CC2CCOC2)CC1.I. The molecular formula is C25H41IN4O2. The van der Waals surface area contributed by atoms with Gasteiger partial charge in [0.15, 0.2) is 5.96 Å². The zero-order chi connectivity index (χ0) is 21.5. The highest BCUT2D eigenvalue weighted by atomic mass is 127. The number of nitrogens with one attached hydrogen (secondary N) is 2. The molecule has 0 aromatic heterocycles. The van der Waals surface area contributed by atoms with Gasteiger partial charge in [-0.1, -0.05) is 25.0 Å². The Morgan fingerprint density at radius 3 is 2.66 bits per heavy atom. The van der Waals surface area contributed by atoms with Crippen molar-refractivity contribution in [1.29, 1.82) is 0 Å². The number of halogens is 1. The highest BCUT2D eigenvalue weighted by molar-refractivity contribution is 14.0. The van der Waals surface area contributed by atoms with Crippen LogP contribution in [0.2, 0.25) is 0 Å². The second-order valence-corrected chi connectivity index (χ2v) is 9.59. The summed E-state index contributed by atoms with van der Waals surface area (Å²) >= 11 is 0. The Kier molecular flexibility index (Phi) is 9.92. The molecule has 3 fully saturated rings. The lowest BCUT2D eigenvalue weighted by Crippen LogP contribution is -2.51. The van der Waals surface area contributed by atoms with Crippen LogP contribution in [0.5, 0.6) is 5.75 Å². The third kappa shape index (κ3) is 6.50. The number of aliphatic imine (C=N–C) groups is 1. The van der Waals surface area contributed by atoms with Gasteiger partial charge >= 0.3 is 0 Å². The molecule has 1 aromatic carbocycles. The lowest BCUT2D eigenvalue weighted by Gasteiger charge is -2.35. The smallest absolute Gasteiger partial charge is 0.191 e. The standard InChI is InChI=1S/C25H40N4O2.HI/c1-26-24(28-22-8-13-29(14-9-22)17-20-10-15-31-18-20)27-19-25(11-3-4-12-25)21-6-5-7-23(16-21)30-2;/h5-7,16,20,22H,3-4,8-15,17-19H2,1-2H3,(H2,26,27,28);1H. The first-order valence-corrected chi connectivity index (χ1v) is 12.1. The highest BCUT2D eigenvalue weighted by Gasteiger charge is 2.36. The normalized spacial score (nSPS) is 24.2. The van der Waals surface area contributed by atoms with Gasteiger partial charge in [0.25, 0.3) is 0 Å². The van der Waals surface area contributed by atoms with E-state index in [1.807, 2.05) is 13.1 Å². The number of likely N-dealkylation sites (tertiary alicyclic amines) is 1. The third-order valence-electron chi connectivity index (χ3n) is 7.53. The molecule has 1 aliphatic carbocycles. The van der Waals surface area contributed by atoms with Gasteiger partial charge in [0.2, 0.25) is 0 Å². The van der Waals surface area contributed by atoms with E-state index < -0.39 is 0 Å². The number of methoxy groups -OCH3 is 1. The van der Waals surface area contributed by atoms with Crippen LogP contribution in [0, 0.1) is 5.92 Å². The van der Waals surface area contributed by atoms with Crippen molar-refractivity contribution >= 4 is 29.9 Å². The molecular weight excluding hydrogens is 515 g/mol. The zero-order valence-electron chi connectivity index (χ0n) is 19.8. The van der Waals surface area contributed by atoms with Crippen molar-refractivity contribution in [3.8, 4) is 5.75 Å². The van der Waals surface area contributed by atoms with Crippen molar-refractivity contribution in [2.45, 2.75) is 56.4 Å². The molecule has 4 rings (SSSR count). The number of guanidine groups is 1. The van der Waals surface area contributed by atoms with Gasteiger partial charge in [0.1, 0.15) is 5.75 Å². The van der Waals surface area contributed by atoms with Crippen LogP contribution < -0.4 is 15.4 Å². The topological polar surface area (TPSA) is 58.1 Å². The number of hydrogen-bond donors (Lipinski definition) is 2. The summed E-state index contributed by atoms with van der Waals surface area (Å²) in [5.41, 5.74) is 1.55. The van der Waals surface area contributed by atoms with Crippen LogP contribution in [0.3, 0.4) is 0 Å². The van der Waals surface area contributed by atoms with Gasteiger partial charge in [-0.3, -0.25) is 4.99 Å². The molecule has 2 saturated heterocycles. The fraction of sp³-hybridized carbons (Fsp3) is 0.720. The summed E-state index contributed by atoms with van der Waals surface area (Å²) in [6, 6.07) is 9.13. The van der Waals surface area contributed by atoms with Gasteiger partial charge in [0, 0.05) is 51.3 Å². The van der Waals surface area contributed by atoms with E-state index in [0.717, 1.165) is 37.4 Å². The van der Waals surface area contributed by atoms with E-state index in [0.29, 0.717) is 6.04 Å². The first kappa shape index (κ1) is 25.6. The Labute approximate surface area is 210 Å². The molecule has 1 atom stereocenters. The van der Waals surface area contributed by atoms with Gasteiger partial charge < -0.3 is 25.0 Å². The van der Waals surface area contributed by atoms with E-state index in [1.165, 1.54) is 70.1 Å². The first-order valence-electron chi connectivity index (χ1n) is 12.1. The van der Waals surface area contributed by atoms with E-state index in [1.54, 1.807) is 7.11 Å². The highest BCUT2D eigenvalue weighted by Crippen LogP contribution is 2.41. The van der Waals surface area contributed by atoms with E-state index in [-0.39, 0.29) is 29.4 Å². The maximum Gasteiger partial charge on any atom is 0.191 e. The van der Waals surface area contributed by atoms with Crippen molar-refractivity contribution in [1.82, 2.24) is 15.5 Å². The fourth-order valence-electron chi connectivity index (χ4n) is 5.57. The molecule has 0 bridgehead atoms. The Balaban J connectivity index is 0.00000289.